The lowest BCUT2D eigenvalue weighted by atomic mass is 10.1. The van der Waals surface area contributed by atoms with E-state index in [1.807, 2.05) is 13.0 Å². The van der Waals surface area contributed by atoms with E-state index in [0.717, 1.165) is 5.56 Å². The third-order valence-corrected chi connectivity index (χ3v) is 2.41. The van der Waals surface area contributed by atoms with E-state index in [0.29, 0.717) is 10.0 Å². The van der Waals surface area contributed by atoms with Crippen LogP contribution in [-0.2, 0) is 11.3 Å². The number of hydrogen-bond acceptors (Lipinski definition) is 3. The molecular formula is C9H8BrNO2. The van der Waals surface area contributed by atoms with Gasteiger partial charge in [-0.3, -0.25) is 0 Å². The van der Waals surface area contributed by atoms with Crippen molar-refractivity contribution in [2.24, 2.45) is 4.99 Å². The van der Waals surface area contributed by atoms with Crippen molar-refractivity contribution in [3.8, 4) is 5.75 Å². The van der Waals surface area contributed by atoms with Gasteiger partial charge < -0.3 is 5.11 Å². The maximum atomic E-state index is 9.90. The fourth-order valence-electron chi connectivity index (χ4n) is 1.02. The normalized spacial score (nSPS) is 9.38. The van der Waals surface area contributed by atoms with E-state index in [1.165, 1.54) is 6.08 Å². The summed E-state index contributed by atoms with van der Waals surface area (Å²) < 4.78 is 0.606. The van der Waals surface area contributed by atoms with Crippen molar-refractivity contribution in [2.75, 3.05) is 0 Å². The van der Waals surface area contributed by atoms with Crippen LogP contribution in [0.1, 0.15) is 11.1 Å². The van der Waals surface area contributed by atoms with Crippen molar-refractivity contribution in [1.82, 2.24) is 0 Å². The third kappa shape index (κ3) is 2.17. The summed E-state index contributed by atoms with van der Waals surface area (Å²) in [5.41, 5.74) is 1.55. The van der Waals surface area contributed by atoms with Crippen LogP contribution in [-0.4, -0.2) is 11.2 Å². The van der Waals surface area contributed by atoms with E-state index < -0.39 is 0 Å². The second-order valence-corrected chi connectivity index (χ2v) is 3.45. The number of aryl methyl sites for hydroxylation is 1. The summed E-state index contributed by atoms with van der Waals surface area (Å²) in [4.78, 5) is 13.3. The number of benzene rings is 1. The molecule has 0 aliphatic rings. The Hall–Kier alpha value is -1.12. The van der Waals surface area contributed by atoms with Crippen LogP contribution in [0.4, 0.5) is 0 Å². The summed E-state index contributed by atoms with van der Waals surface area (Å²) in [6.07, 6.45) is 1.44. The zero-order valence-corrected chi connectivity index (χ0v) is 8.63. The number of nitrogens with zero attached hydrogens (tertiary/aromatic N) is 1. The van der Waals surface area contributed by atoms with Crippen LogP contribution in [0, 0.1) is 6.92 Å². The SMILES string of the molecule is Cc1ccc(Br)c(O)c1CN=C=O. The fourth-order valence-corrected chi connectivity index (χ4v) is 1.39. The van der Waals surface area contributed by atoms with Gasteiger partial charge in [-0.05, 0) is 34.5 Å². The average molecular weight is 242 g/mol. The molecule has 68 valence electrons. The molecule has 0 amide bonds. The van der Waals surface area contributed by atoms with Crippen LogP contribution in [0.2, 0.25) is 0 Å². The Bertz CT molecular complexity index is 370. The molecule has 0 spiro atoms. The van der Waals surface area contributed by atoms with Gasteiger partial charge in [-0.2, -0.15) is 0 Å². The summed E-state index contributed by atoms with van der Waals surface area (Å²) >= 11 is 3.18. The Morgan fingerprint density at radius 3 is 2.92 bits per heavy atom. The summed E-state index contributed by atoms with van der Waals surface area (Å²) in [6.45, 7) is 2.02. The van der Waals surface area contributed by atoms with Gasteiger partial charge in [0.2, 0.25) is 6.08 Å². The highest BCUT2D eigenvalue weighted by Gasteiger charge is 2.07. The predicted octanol–water partition coefficient (Wildman–Crippen LogP) is 2.30. The van der Waals surface area contributed by atoms with E-state index >= 15 is 0 Å². The standard InChI is InChI=1S/C9H8BrNO2/c1-6-2-3-8(10)9(13)7(6)4-11-5-12/h2-3,13H,4H2,1H3. The second kappa shape index (κ2) is 4.21. The molecule has 0 fully saturated rings. The van der Waals surface area contributed by atoms with Crippen molar-refractivity contribution in [2.45, 2.75) is 13.5 Å². The molecule has 0 atom stereocenters. The van der Waals surface area contributed by atoms with E-state index in [2.05, 4.69) is 20.9 Å². The van der Waals surface area contributed by atoms with Gasteiger partial charge in [-0.1, -0.05) is 6.07 Å². The predicted molar refractivity (Wildman–Crippen MR) is 52.4 cm³/mol. The zero-order chi connectivity index (χ0) is 9.84. The minimum Gasteiger partial charge on any atom is -0.506 e. The van der Waals surface area contributed by atoms with Crippen LogP contribution in [0.5, 0.6) is 5.75 Å². The summed E-state index contributed by atoms with van der Waals surface area (Å²) in [5, 5.41) is 9.57. The van der Waals surface area contributed by atoms with E-state index in [4.69, 9.17) is 0 Å². The van der Waals surface area contributed by atoms with Crippen molar-refractivity contribution < 1.29 is 9.90 Å². The molecule has 1 aromatic rings. The Morgan fingerprint density at radius 1 is 1.62 bits per heavy atom. The molecule has 0 saturated heterocycles. The number of carbonyl (C=O) groups excluding carboxylic acids is 1. The number of isocyanates is 1. The van der Waals surface area contributed by atoms with Gasteiger partial charge in [-0.15, -0.1) is 0 Å². The highest BCUT2D eigenvalue weighted by molar-refractivity contribution is 9.10. The molecule has 0 radical (unpaired) electrons. The molecule has 0 saturated carbocycles. The minimum atomic E-state index is 0.138. The van der Waals surface area contributed by atoms with Gasteiger partial charge >= 0.3 is 0 Å². The van der Waals surface area contributed by atoms with Crippen LogP contribution in [0.15, 0.2) is 21.6 Å². The first-order valence-corrected chi connectivity index (χ1v) is 4.46. The number of aromatic hydroxyl groups is 1. The molecule has 1 aromatic carbocycles. The molecule has 13 heavy (non-hydrogen) atoms. The maximum absolute atomic E-state index is 9.90. The van der Waals surface area contributed by atoms with Crippen LogP contribution >= 0.6 is 15.9 Å². The molecule has 1 N–H and O–H groups in total. The van der Waals surface area contributed by atoms with Gasteiger partial charge in [-0.25, -0.2) is 9.79 Å². The van der Waals surface area contributed by atoms with Gasteiger partial charge in [0, 0.05) is 5.56 Å². The van der Waals surface area contributed by atoms with Crippen molar-refractivity contribution in [1.29, 1.82) is 0 Å². The van der Waals surface area contributed by atoms with Gasteiger partial charge in [0.1, 0.15) is 5.75 Å². The molecule has 0 aromatic heterocycles. The van der Waals surface area contributed by atoms with Crippen molar-refractivity contribution in [3.05, 3.63) is 27.7 Å². The second-order valence-electron chi connectivity index (χ2n) is 2.60. The topological polar surface area (TPSA) is 49.7 Å². The van der Waals surface area contributed by atoms with Crippen LogP contribution < -0.4 is 0 Å². The molecule has 0 unspecified atom stereocenters. The first-order valence-electron chi connectivity index (χ1n) is 3.67. The third-order valence-electron chi connectivity index (χ3n) is 1.77. The largest absolute Gasteiger partial charge is 0.506 e. The van der Waals surface area contributed by atoms with Crippen molar-refractivity contribution >= 4 is 22.0 Å². The number of phenols is 1. The van der Waals surface area contributed by atoms with Crippen LogP contribution in [0.3, 0.4) is 0 Å². The molecule has 0 bridgehead atoms. The first kappa shape index (κ1) is 9.96. The van der Waals surface area contributed by atoms with Gasteiger partial charge in [0.05, 0.1) is 11.0 Å². The molecular weight excluding hydrogens is 234 g/mol. The smallest absolute Gasteiger partial charge is 0.235 e. The molecule has 0 aliphatic heterocycles. The Kier molecular flexibility index (Phi) is 3.23. The number of hydrogen-bond donors (Lipinski definition) is 1. The molecule has 3 nitrogen and oxygen atoms in total. The van der Waals surface area contributed by atoms with Crippen molar-refractivity contribution in [3.63, 3.8) is 0 Å². The molecule has 4 heteroatoms. The highest BCUT2D eigenvalue weighted by atomic mass is 79.9. The summed E-state index contributed by atoms with van der Waals surface area (Å²) in [7, 11) is 0. The number of aliphatic imine (C=N–C) groups is 1. The quantitative estimate of drug-likeness (QED) is 0.638. The Balaban J connectivity index is 3.16. The lowest BCUT2D eigenvalue weighted by Crippen LogP contribution is -1.88. The Labute approximate surface area is 84.2 Å². The molecule has 0 heterocycles. The fraction of sp³-hybridized carbons (Fsp3) is 0.222. The molecule has 1 rings (SSSR count). The monoisotopic (exact) mass is 241 g/mol. The van der Waals surface area contributed by atoms with Gasteiger partial charge in [0.25, 0.3) is 0 Å². The highest BCUT2D eigenvalue weighted by Crippen LogP contribution is 2.30. The number of rotatable bonds is 2. The summed E-state index contributed by atoms with van der Waals surface area (Å²) in [6, 6.07) is 3.60. The van der Waals surface area contributed by atoms with E-state index in [-0.39, 0.29) is 12.3 Å². The van der Waals surface area contributed by atoms with Gasteiger partial charge in [0.15, 0.2) is 0 Å². The number of halogens is 1. The molecule has 0 aliphatic carbocycles. The van der Waals surface area contributed by atoms with E-state index in [1.54, 1.807) is 6.07 Å². The Morgan fingerprint density at radius 2 is 2.31 bits per heavy atom. The van der Waals surface area contributed by atoms with Crippen LogP contribution in [0.25, 0.3) is 0 Å². The lowest BCUT2D eigenvalue weighted by molar-refractivity contribution is 0.464. The maximum Gasteiger partial charge on any atom is 0.235 e. The average Bonchev–Trinajstić information content (AvgIpc) is 2.12. The lowest BCUT2D eigenvalue weighted by Gasteiger charge is -2.06. The van der Waals surface area contributed by atoms with E-state index in [9.17, 15) is 9.90 Å². The zero-order valence-electron chi connectivity index (χ0n) is 7.04. The number of phenolic OH excluding ortho intramolecular Hbond substituents is 1. The summed E-state index contributed by atoms with van der Waals surface area (Å²) in [5.74, 6) is 0.138. The first-order chi connectivity index (χ1) is 6.16. The minimum absolute atomic E-state index is 0.138.